The fraction of sp³-hybridized carbons (Fsp3) is 0.467. The number of nitrogens with one attached hydrogen (secondary N) is 2. The van der Waals surface area contributed by atoms with Crippen molar-refractivity contribution in [3.8, 4) is 0 Å². The number of morpholine rings is 1. The van der Waals surface area contributed by atoms with Crippen molar-refractivity contribution in [3.05, 3.63) is 36.3 Å². The van der Waals surface area contributed by atoms with Crippen LogP contribution in [-0.2, 0) is 16.0 Å². The molecule has 2 N–H and O–H groups in total. The second-order valence-electron chi connectivity index (χ2n) is 5.20. The molecule has 3 rings (SSSR count). The molecule has 0 unspecified atom stereocenters. The third kappa shape index (κ3) is 3.80. The normalized spacial score (nSPS) is 18.8. The zero-order chi connectivity index (χ0) is 14.5. The molecule has 21 heavy (non-hydrogen) atoms. The first-order valence-corrected chi connectivity index (χ1v) is 7.33. The first kappa shape index (κ1) is 14.0. The Balaban J connectivity index is 1.43. The Hall–Kier alpha value is -1.92. The predicted octanol–water partition coefficient (Wildman–Crippen LogP) is 0.372. The van der Waals surface area contributed by atoms with Crippen LogP contribution in [0.3, 0.4) is 0 Å². The molecular weight excluding hydrogens is 268 g/mol. The second kappa shape index (κ2) is 6.69. The van der Waals surface area contributed by atoms with Gasteiger partial charge in [-0.1, -0.05) is 6.07 Å². The van der Waals surface area contributed by atoms with Gasteiger partial charge in [0.25, 0.3) is 0 Å². The van der Waals surface area contributed by atoms with Gasteiger partial charge < -0.3 is 19.8 Å². The number of rotatable bonds is 5. The summed E-state index contributed by atoms with van der Waals surface area (Å²) in [4.78, 5) is 16.3. The lowest BCUT2D eigenvalue weighted by atomic mass is 10.2. The Morgan fingerprint density at radius 3 is 3.29 bits per heavy atom. The molecule has 1 fully saturated rings. The average Bonchev–Trinajstić information content (AvgIpc) is 2.91. The zero-order valence-electron chi connectivity index (χ0n) is 11.9. The number of aromatic nitrogens is 2. The van der Waals surface area contributed by atoms with E-state index in [1.165, 1.54) is 0 Å². The average molecular weight is 288 g/mol. The van der Waals surface area contributed by atoms with Crippen LogP contribution in [0.1, 0.15) is 12.1 Å². The fourth-order valence-electron chi connectivity index (χ4n) is 2.47. The summed E-state index contributed by atoms with van der Waals surface area (Å²) in [5.41, 5.74) is 1.91. The lowest BCUT2D eigenvalue weighted by molar-refractivity contribution is -0.124. The van der Waals surface area contributed by atoms with Crippen molar-refractivity contribution in [3.63, 3.8) is 0 Å². The first-order valence-electron chi connectivity index (χ1n) is 7.33. The van der Waals surface area contributed by atoms with Crippen LogP contribution >= 0.6 is 0 Å². The zero-order valence-corrected chi connectivity index (χ0v) is 11.9. The molecule has 2 aromatic rings. The summed E-state index contributed by atoms with van der Waals surface area (Å²) in [6.07, 6.45) is 5.11. The van der Waals surface area contributed by atoms with Gasteiger partial charge in [-0.15, -0.1) is 0 Å². The van der Waals surface area contributed by atoms with Crippen molar-refractivity contribution in [1.82, 2.24) is 20.0 Å². The number of hydrogen-bond acceptors (Lipinski definition) is 4. The summed E-state index contributed by atoms with van der Waals surface area (Å²) in [7, 11) is 0. The molecule has 0 spiro atoms. The van der Waals surface area contributed by atoms with E-state index in [1.807, 2.05) is 35.0 Å². The molecule has 0 bridgehead atoms. The number of nitrogens with zero attached hydrogens (tertiary/aromatic N) is 2. The smallest absolute Gasteiger partial charge is 0.222 e. The monoisotopic (exact) mass is 288 g/mol. The molecule has 1 aliphatic heterocycles. The lowest BCUT2D eigenvalue weighted by Crippen LogP contribution is -2.41. The van der Waals surface area contributed by atoms with E-state index >= 15 is 0 Å². The first-order chi connectivity index (χ1) is 10.3. The quantitative estimate of drug-likeness (QED) is 0.834. The standard InChI is InChI=1S/C15H20N4O2/c20-15(9-13-10-16-6-8-21-13)17-5-4-12-11-19-7-2-1-3-14(19)18-12/h1-3,7,11,13,16H,4-6,8-10H2,(H,17,20)/t13-/m1/s1. The van der Waals surface area contributed by atoms with Crippen molar-refractivity contribution in [2.75, 3.05) is 26.2 Å². The van der Waals surface area contributed by atoms with E-state index < -0.39 is 0 Å². The van der Waals surface area contributed by atoms with Gasteiger partial charge in [0.2, 0.25) is 5.91 Å². The molecule has 1 amide bonds. The van der Waals surface area contributed by atoms with E-state index in [0.717, 1.165) is 30.9 Å². The Labute approximate surface area is 123 Å². The van der Waals surface area contributed by atoms with Crippen LogP contribution in [0.15, 0.2) is 30.6 Å². The molecule has 3 heterocycles. The molecule has 1 atom stereocenters. The summed E-state index contributed by atoms with van der Waals surface area (Å²) in [6.45, 7) is 2.90. The summed E-state index contributed by atoms with van der Waals surface area (Å²) in [5.74, 6) is 0.0347. The fourth-order valence-corrected chi connectivity index (χ4v) is 2.47. The molecule has 6 nitrogen and oxygen atoms in total. The molecule has 0 aliphatic carbocycles. The molecule has 1 saturated heterocycles. The van der Waals surface area contributed by atoms with Gasteiger partial charge in [0, 0.05) is 38.4 Å². The highest BCUT2D eigenvalue weighted by Gasteiger charge is 2.16. The van der Waals surface area contributed by atoms with E-state index in [1.54, 1.807) is 0 Å². The van der Waals surface area contributed by atoms with Crippen molar-refractivity contribution < 1.29 is 9.53 Å². The highest BCUT2D eigenvalue weighted by atomic mass is 16.5. The second-order valence-corrected chi connectivity index (χ2v) is 5.20. The molecule has 112 valence electrons. The Morgan fingerprint density at radius 1 is 1.52 bits per heavy atom. The summed E-state index contributed by atoms with van der Waals surface area (Å²) in [5, 5.41) is 6.15. The van der Waals surface area contributed by atoms with Crippen molar-refractivity contribution in [1.29, 1.82) is 0 Å². The lowest BCUT2D eigenvalue weighted by Gasteiger charge is -2.22. The third-order valence-corrected chi connectivity index (χ3v) is 3.53. The van der Waals surface area contributed by atoms with Crippen molar-refractivity contribution >= 4 is 11.6 Å². The van der Waals surface area contributed by atoms with E-state index in [4.69, 9.17) is 4.74 Å². The number of carbonyl (C=O) groups is 1. The maximum atomic E-state index is 11.8. The molecule has 0 saturated carbocycles. The summed E-state index contributed by atoms with van der Waals surface area (Å²) in [6, 6.07) is 5.90. The van der Waals surface area contributed by atoms with Gasteiger partial charge in [-0.3, -0.25) is 4.79 Å². The molecular formula is C15H20N4O2. The number of fused-ring (bicyclic) bond motifs is 1. The minimum atomic E-state index is -0.00561. The van der Waals surface area contributed by atoms with Crippen LogP contribution in [0.4, 0.5) is 0 Å². The SMILES string of the molecule is O=C(C[C@@H]1CNCCO1)NCCc1cn2ccccc2n1. The maximum Gasteiger partial charge on any atom is 0.222 e. The van der Waals surface area contributed by atoms with Crippen LogP contribution in [0.25, 0.3) is 5.65 Å². The number of carbonyl (C=O) groups excluding carboxylic acids is 1. The van der Waals surface area contributed by atoms with Gasteiger partial charge in [0.15, 0.2) is 0 Å². The highest BCUT2D eigenvalue weighted by molar-refractivity contribution is 5.76. The van der Waals surface area contributed by atoms with Crippen LogP contribution in [0.2, 0.25) is 0 Å². The van der Waals surface area contributed by atoms with Gasteiger partial charge in [-0.05, 0) is 12.1 Å². The van der Waals surface area contributed by atoms with E-state index in [9.17, 15) is 4.79 Å². The number of hydrogen-bond donors (Lipinski definition) is 2. The number of imidazole rings is 1. The highest BCUT2D eigenvalue weighted by Crippen LogP contribution is 2.05. The minimum absolute atomic E-state index is 0.00561. The molecule has 1 aliphatic rings. The van der Waals surface area contributed by atoms with Crippen molar-refractivity contribution in [2.45, 2.75) is 18.9 Å². The van der Waals surface area contributed by atoms with Gasteiger partial charge in [0.05, 0.1) is 24.8 Å². The largest absolute Gasteiger partial charge is 0.375 e. The summed E-state index contributed by atoms with van der Waals surface area (Å²) >= 11 is 0. The maximum absolute atomic E-state index is 11.8. The van der Waals surface area contributed by atoms with E-state index in [2.05, 4.69) is 15.6 Å². The van der Waals surface area contributed by atoms with E-state index in [0.29, 0.717) is 19.6 Å². The summed E-state index contributed by atoms with van der Waals surface area (Å²) < 4.78 is 7.50. The Morgan fingerprint density at radius 2 is 2.48 bits per heavy atom. The molecule has 2 aromatic heterocycles. The van der Waals surface area contributed by atoms with Gasteiger partial charge in [0.1, 0.15) is 5.65 Å². The third-order valence-electron chi connectivity index (χ3n) is 3.53. The molecule has 0 aromatic carbocycles. The Kier molecular flexibility index (Phi) is 4.47. The van der Waals surface area contributed by atoms with Crippen molar-refractivity contribution in [2.24, 2.45) is 0 Å². The number of pyridine rings is 1. The van der Waals surface area contributed by atoms with Gasteiger partial charge in [-0.2, -0.15) is 0 Å². The van der Waals surface area contributed by atoms with Gasteiger partial charge >= 0.3 is 0 Å². The van der Waals surface area contributed by atoms with Crippen LogP contribution in [0.5, 0.6) is 0 Å². The predicted molar refractivity (Wildman–Crippen MR) is 79.1 cm³/mol. The topological polar surface area (TPSA) is 67.7 Å². The minimum Gasteiger partial charge on any atom is -0.375 e. The molecule has 6 heteroatoms. The van der Waals surface area contributed by atoms with E-state index in [-0.39, 0.29) is 12.0 Å². The number of amides is 1. The Bertz CT molecular complexity index is 571. The number of ether oxygens (including phenoxy) is 1. The molecule has 0 radical (unpaired) electrons. The van der Waals surface area contributed by atoms with Crippen LogP contribution in [-0.4, -0.2) is 47.6 Å². The van der Waals surface area contributed by atoms with Crippen LogP contribution in [0, 0.1) is 0 Å². The van der Waals surface area contributed by atoms with Crippen LogP contribution < -0.4 is 10.6 Å². The van der Waals surface area contributed by atoms with Gasteiger partial charge in [-0.25, -0.2) is 4.98 Å².